The number of aliphatic hydroxyl groups excluding tert-OH is 1. The SMILES string of the molecule is O=S(=O)(CCCO)c1cccc(-c2ccccc2)c1. The molecule has 0 saturated carbocycles. The third-order valence-electron chi connectivity index (χ3n) is 2.87. The maximum atomic E-state index is 12.1. The van der Waals surface area contributed by atoms with Gasteiger partial charge in [-0.3, -0.25) is 0 Å². The maximum Gasteiger partial charge on any atom is 0.178 e. The highest BCUT2D eigenvalue weighted by atomic mass is 32.2. The summed E-state index contributed by atoms with van der Waals surface area (Å²) >= 11 is 0. The summed E-state index contributed by atoms with van der Waals surface area (Å²) in [5, 5.41) is 8.74. The van der Waals surface area contributed by atoms with Crippen molar-refractivity contribution in [1.82, 2.24) is 0 Å². The average Bonchev–Trinajstić information content (AvgIpc) is 2.46. The minimum atomic E-state index is -3.31. The molecule has 3 nitrogen and oxygen atoms in total. The Balaban J connectivity index is 2.35. The van der Waals surface area contributed by atoms with E-state index in [1.54, 1.807) is 18.2 Å². The van der Waals surface area contributed by atoms with Gasteiger partial charge in [-0.05, 0) is 29.7 Å². The lowest BCUT2D eigenvalue weighted by Crippen LogP contribution is -2.08. The van der Waals surface area contributed by atoms with E-state index in [0.717, 1.165) is 11.1 Å². The normalized spacial score (nSPS) is 11.4. The van der Waals surface area contributed by atoms with Gasteiger partial charge in [0.15, 0.2) is 9.84 Å². The second kappa shape index (κ2) is 5.99. The fourth-order valence-corrected chi connectivity index (χ4v) is 3.21. The molecule has 0 spiro atoms. The lowest BCUT2D eigenvalue weighted by atomic mass is 10.1. The van der Waals surface area contributed by atoms with Crippen LogP contribution in [0.5, 0.6) is 0 Å². The minimum absolute atomic E-state index is 0.0260. The van der Waals surface area contributed by atoms with E-state index >= 15 is 0 Å². The van der Waals surface area contributed by atoms with Crippen LogP contribution in [0.15, 0.2) is 59.5 Å². The Morgan fingerprint density at radius 1 is 0.895 bits per heavy atom. The molecule has 2 aromatic rings. The van der Waals surface area contributed by atoms with Gasteiger partial charge < -0.3 is 5.11 Å². The molecule has 100 valence electrons. The molecule has 0 bridgehead atoms. The first-order valence-corrected chi connectivity index (χ1v) is 7.78. The number of hydrogen-bond donors (Lipinski definition) is 1. The summed E-state index contributed by atoms with van der Waals surface area (Å²) in [6.07, 6.45) is 0.262. The molecule has 0 saturated heterocycles. The monoisotopic (exact) mass is 276 g/mol. The first-order chi connectivity index (χ1) is 9.13. The molecular formula is C15H16O3S. The van der Waals surface area contributed by atoms with Crippen molar-refractivity contribution < 1.29 is 13.5 Å². The molecule has 0 aliphatic carbocycles. The van der Waals surface area contributed by atoms with Gasteiger partial charge in [-0.25, -0.2) is 8.42 Å². The predicted octanol–water partition coefficient (Wildman–Crippen LogP) is 2.51. The van der Waals surface area contributed by atoms with Gasteiger partial charge in [0.2, 0.25) is 0 Å². The van der Waals surface area contributed by atoms with Crippen molar-refractivity contribution in [3.05, 3.63) is 54.6 Å². The molecule has 19 heavy (non-hydrogen) atoms. The topological polar surface area (TPSA) is 54.4 Å². The van der Waals surface area contributed by atoms with Gasteiger partial charge in [-0.15, -0.1) is 0 Å². The zero-order valence-electron chi connectivity index (χ0n) is 10.5. The molecule has 0 amide bonds. The largest absolute Gasteiger partial charge is 0.396 e. The fraction of sp³-hybridized carbons (Fsp3) is 0.200. The molecule has 0 atom stereocenters. The first-order valence-electron chi connectivity index (χ1n) is 6.12. The molecule has 2 rings (SSSR count). The fourth-order valence-electron chi connectivity index (χ4n) is 1.87. The van der Waals surface area contributed by atoms with Gasteiger partial charge in [-0.1, -0.05) is 42.5 Å². The lowest BCUT2D eigenvalue weighted by molar-refractivity contribution is 0.295. The van der Waals surface area contributed by atoms with Gasteiger partial charge >= 0.3 is 0 Å². The molecular weight excluding hydrogens is 260 g/mol. The van der Waals surface area contributed by atoms with Crippen molar-refractivity contribution in [2.24, 2.45) is 0 Å². The Morgan fingerprint density at radius 2 is 1.58 bits per heavy atom. The number of rotatable bonds is 5. The van der Waals surface area contributed by atoms with E-state index < -0.39 is 9.84 Å². The zero-order valence-corrected chi connectivity index (χ0v) is 11.3. The van der Waals surface area contributed by atoms with Gasteiger partial charge in [0.25, 0.3) is 0 Å². The average molecular weight is 276 g/mol. The smallest absolute Gasteiger partial charge is 0.178 e. The summed E-state index contributed by atoms with van der Waals surface area (Å²) in [6, 6.07) is 16.6. The van der Waals surface area contributed by atoms with Gasteiger partial charge in [-0.2, -0.15) is 0 Å². The second-order valence-corrected chi connectivity index (χ2v) is 6.40. The van der Waals surface area contributed by atoms with Crippen LogP contribution in [0, 0.1) is 0 Å². The van der Waals surface area contributed by atoms with Crippen molar-refractivity contribution in [2.45, 2.75) is 11.3 Å². The molecule has 0 aliphatic rings. The molecule has 4 heteroatoms. The highest BCUT2D eigenvalue weighted by Gasteiger charge is 2.14. The van der Waals surface area contributed by atoms with E-state index in [1.807, 2.05) is 36.4 Å². The van der Waals surface area contributed by atoms with Crippen molar-refractivity contribution in [3.8, 4) is 11.1 Å². The van der Waals surface area contributed by atoms with Crippen LogP contribution in [0.1, 0.15) is 6.42 Å². The summed E-state index contributed by atoms with van der Waals surface area (Å²) in [5.74, 6) is -0.0260. The molecule has 0 heterocycles. The van der Waals surface area contributed by atoms with E-state index in [0.29, 0.717) is 4.90 Å². The Labute approximate surface area is 113 Å². The van der Waals surface area contributed by atoms with Crippen LogP contribution in [0.4, 0.5) is 0 Å². The van der Waals surface area contributed by atoms with Crippen molar-refractivity contribution in [3.63, 3.8) is 0 Å². The zero-order chi connectivity index (χ0) is 13.7. The third-order valence-corrected chi connectivity index (χ3v) is 4.67. The molecule has 0 aromatic heterocycles. The molecule has 0 fully saturated rings. The summed E-state index contributed by atoms with van der Waals surface area (Å²) in [5.41, 5.74) is 1.87. The van der Waals surface area contributed by atoms with E-state index in [2.05, 4.69) is 0 Å². The van der Waals surface area contributed by atoms with Crippen LogP contribution < -0.4 is 0 Å². The van der Waals surface area contributed by atoms with Crippen LogP contribution >= 0.6 is 0 Å². The van der Waals surface area contributed by atoms with Crippen molar-refractivity contribution in [2.75, 3.05) is 12.4 Å². The van der Waals surface area contributed by atoms with Crippen molar-refractivity contribution in [1.29, 1.82) is 0 Å². The van der Waals surface area contributed by atoms with Gasteiger partial charge in [0.1, 0.15) is 0 Å². The molecule has 0 unspecified atom stereocenters. The summed E-state index contributed by atoms with van der Waals surface area (Å²) in [7, 11) is -3.31. The van der Waals surface area contributed by atoms with E-state index in [4.69, 9.17) is 5.11 Å². The molecule has 0 radical (unpaired) electrons. The van der Waals surface area contributed by atoms with Crippen LogP contribution in [-0.4, -0.2) is 25.9 Å². The molecule has 1 N–H and O–H groups in total. The number of hydrogen-bond acceptors (Lipinski definition) is 3. The number of benzene rings is 2. The highest BCUT2D eigenvalue weighted by molar-refractivity contribution is 7.91. The summed E-state index contributed by atoms with van der Waals surface area (Å²) < 4.78 is 24.1. The Bertz CT molecular complexity index is 633. The maximum absolute atomic E-state index is 12.1. The van der Waals surface area contributed by atoms with Gasteiger partial charge in [0, 0.05) is 6.61 Å². The number of aliphatic hydroxyl groups is 1. The number of sulfone groups is 1. The highest BCUT2D eigenvalue weighted by Crippen LogP contribution is 2.22. The van der Waals surface area contributed by atoms with Crippen LogP contribution in [-0.2, 0) is 9.84 Å². The first kappa shape index (κ1) is 13.8. The van der Waals surface area contributed by atoms with Crippen LogP contribution in [0.25, 0.3) is 11.1 Å². The Morgan fingerprint density at radius 3 is 2.26 bits per heavy atom. The third kappa shape index (κ3) is 3.43. The van der Waals surface area contributed by atoms with Crippen LogP contribution in [0.2, 0.25) is 0 Å². The lowest BCUT2D eigenvalue weighted by Gasteiger charge is -2.06. The quantitative estimate of drug-likeness (QED) is 0.913. The predicted molar refractivity (Wildman–Crippen MR) is 75.6 cm³/mol. The minimum Gasteiger partial charge on any atom is -0.396 e. The Kier molecular flexibility index (Phi) is 4.35. The van der Waals surface area contributed by atoms with Crippen LogP contribution in [0.3, 0.4) is 0 Å². The second-order valence-electron chi connectivity index (χ2n) is 4.29. The summed E-state index contributed by atoms with van der Waals surface area (Å²) in [6.45, 7) is -0.113. The van der Waals surface area contributed by atoms with E-state index in [-0.39, 0.29) is 18.8 Å². The van der Waals surface area contributed by atoms with Gasteiger partial charge in [0.05, 0.1) is 10.6 Å². The Hall–Kier alpha value is -1.65. The van der Waals surface area contributed by atoms with E-state index in [9.17, 15) is 8.42 Å². The molecule has 0 aliphatic heterocycles. The standard InChI is InChI=1S/C15H16O3S/c16-10-5-11-19(17,18)15-9-4-8-14(12-15)13-6-2-1-3-7-13/h1-4,6-9,12,16H,5,10-11H2. The summed E-state index contributed by atoms with van der Waals surface area (Å²) in [4.78, 5) is 0.308. The van der Waals surface area contributed by atoms with Crippen molar-refractivity contribution >= 4 is 9.84 Å². The molecule has 2 aromatic carbocycles. The van der Waals surface area contributed by atoms with E-state index in [1.165, 1.54) is 0 Å².